The van der Waals surface area contributed by atoms with Gasteiger partial charge in [-0.3, -0.25) is 4.79 Å². The Kier molecular flexibility index (Phi) is 36.4. The third kappa shape index (κ3) is 28.1. The topological polar surface area (TPSA) is 152 Å². The molecule has 2 unspecified atom stereocenters. The third-order valence-electron chi connectivity index (χ3n) is 28.3. The lowest BCUT2D eigenvalue weighted by Crippen LogP contribution is -2.61. The van der Waals surface area contributed by atoms with E-state index < -0.39 is 111 Å². The molecule has 27 heteroatoms. The molecule has 0 spiro atoms. The number of ketones is 1. The highest BCUT2D eigenvalue weighted by Gasteiger charge is 2.72. The number of aliphatic hydroxyl groups is 4. The Bertz CT molecular complexity index is 3780. The Morgan fingerprint density at radius 3 is 1.32 bits per heavy atom. The van der Waals surface area contributed by atoms with E-state index in [0.29, 0.717) is 63.9 Å². The van der Waals surface area contributed by atoms with Gasteiger partial charge < -0.3 is 42.7 Å². The Hall–Kier alpha value is -3.25. The van der Waals surface area contributed by atoms with Crippen molar-refractivity contribution in [2.45, 2.75) is 406 Å². The number of carbonyl (C=O) groups is 1. The first-order chi connectivity index (χ1) is 54.7. The summed E-state index contributed by atoms with van der Waals surface area (Å²) >= 11 is 0. The summed E-state index contributed by atoms with van der Waals surface area (Å²) in [6, 6.07) is 20.0. The van der Waals surface area contributed by atoms with Crippen LogP contribution in [0.1, 0.15) is 258 Å². The molecule has 0 aromatic heterocycles. The summed E-state index contributed by atoms with van der Waals surface area (Å²) in [7, 11) is -11.8. The van der Waals surface area contributed by atoms with Gasteiger partial charge in [0.25, 0.3) is 11.2 Å². The van der Waals surface area contributed by atoms with Crippen LogP contribution in [0, 0.1) is 45.3 Å². The summed E-state index contributed by atoms with van der Waals surface area (Å²) < 4.78 is 205. The fraction of sp³-hybridized carbons (Fsp3) is 0.758. The van der Waals surface area contributed by atoms with Crippen molar-refractivity contribution in [3.8, 4) is 0 Å². The van der Waals surface area contributed by atoms with Crippen LogP contribution in [0.25, 0.3) is 0 Å². The normalized spacial score (nSPS) is 26.4. The van der Waals surface area contributed by atoms with Crippen molar-refractivity contribution >= 4 is 56.8 Å². The maximum atomic E-state index is 14.6. The van der Waals surface area contributed by atoms with Crippen molar-refractivity contribution in [1.82, 2.24) is 0 Å². The number of benzene rings is 2. The van der Waals surface area contributed by atoms with Crippen molar-refractivity contribution < 1.29 is 100 Å². The minimum atomic E-state index is -5.91. The number of aliphatic hydroxyl groups excluding tert-OH is 2. The van der Waals surface area contributed by atoms with Gasteiger partial charge in [0, 0.05) is 29.1 Å². The second-order valence-corrected chi connectivity index (χ2v) is 65.1. The second kappa shape index (κ2) is 40.6. The molecule has 122 heavy (non-hydrogen) atoms. The Morgan fingerprint density at radius 1 is 0.500 bits per heavy atom. The summed E-state index contributed by atoms with van der Waals surface area (Å²) in [6.45, 7) is 49.1. The lowest BCUT2D eigenvalue weighted by molar-refractivity contribution is -0.347. The standard InChI is InChI=1S/C32H48F6O4.C32H51O3PSi2.C30H52F6O3Si2.CH4/c1-27(2,41)13-6-14-28(3,15-7-17-30(42,31(33,34)35)32(36,37)38)26-12-11-25-22(8-5-16-29(25,26)4)10-9-21-18-23(39)20-24(40)19-21;1-31(2,3)37(7,8)34-27-23-26(24-28(25-27)35-38(9,10)32(4,5)6)21-22-36(33,29-17-13-11-14-18-29)30-19-15-12-16-20-30;1-25(2,38-40(5,6)7)17-12-18-26(3,24-16-15-22-23(37)14-11-20-27(22,24)4)19-13-21-28(29(31,32)33,30(34,35)36)39-41(8,9)10;/h7,9-10,17,23-26,39-42H,5-6,8,11-16,18-20H2,1-4H3;11-21,27-28H,22-25H2,1-10H3;13,21-22,24H,11-12,14-20H2,1-10H3;1H4/b17-7+,22-10+;;21-13+;/t23-,24-,25?,26-,28-,29+;27-,28-;22?,24-,26-,27+;/m111./s1. The number of hydrogen-bond acceptors (Lipinski definition) is 10. The van der Waals surface area contributed by atoms with Crippen LogP contribution in [0.3, 0.4) is 0 Å². The van der Waals surface area contributed by atoms with Crippen LogP contribution in [0.5, 0.6) is 0 Å². The number of rotatable bonds is 29. The first-order valence-electron chi connectivity index (χ1n) is 44.2. The first-order valence-corrected chi connectivity index (χ1v) is 58.8. The van der Waals surface area contributed by atoms with Crippen LogP contribution in [0.4, 0.5) is 52.7 Å². The van der Waals surface area contributed by atoms with Crippen LogP contribution < -0.4 is 10.6 Å². The molecule has 8 rings (SSSR count). The quantitative estimate of drug-likeness (QED) is 0.0268. The van der Waals surface area contributed by atoms with Gasteiger partial charge >= 0.3 is 24.7 Å². The number of hydrogen-bond donors (Lipinski definition) is 4. The van der Waals surface area contributed by atoms with Crippen molar-refractivity contribution in [2.24, 2.45) is 45.3 Å². The van der Waals surface area contributed by atoms with Gasteiger partial charge in [0.2, 0.25) is 0 Å². The fourth-order valence-electron chi connectivity index (χ4n) is 20.5. The number of alkyl halides is 12. The maximum Gasteiger partial charge on any atom is 0.429 e. The fourth-order valence-corrected chi connectivity index (χ4v) is 28.8. The minimum absolute atomic E-state index is 0. The molecule has 6 aliphatic carbocycles. The minimum Gasteiger partial charge on any atom is -0.414 e. The Morgan fingerprint density at radius 2 is 0.910 bits per heavy atom. The molecule has 700 valence electrons. The van der Waals surface area contributed by atoms with E-state index in [2.05, 4.69) is 113 Å². The predicted molar refractivity (Wildman–Crippen MR) is 483 cm³/mol. The Balaban J connectivity index is 0.000000324. The third-order valence-corrected chi connectivity index (χ3v) is 42.4. The van der Waals surface area contributed by atoms with Crippen LogP contribution in [-0.4, -0.2) is 137 Å². The highest BCUT2D eigenvalue weighted by molar-refractivity contribution is 7.78. The summed E-state index contributed by atoms with van der Waals surface area (Å²) in [5.41, 5.74) is -8.88. The lowest BCUT2D eigenvalue weighted by atomic mass is 9.55. The molecular weight excluding hydrogens is 1670 g/mol. The SMILES string of the molecule is C.CC(C)(C)[Si](C)(C)O[C@@H]1CC(=CCP(=O)(c2ccccc2)c2ccccc2)C[C@@H](O[Si](C)(C)C(C)(C)C)C1.CC(C)(CCC[C@](C)(C/C=C/C(O[Si](C)(C)C)(C(F)(F)F)C(F)(F)F)[C@H]1CCC2C(=O)CCC[C@@]21C)O[Si](C)(C)C.CC(C)(O)CCC[C@](C)(C/C=C/C(O)(C(F)(F)F)C(F)(F)F)[C@H]1CCC2/C(=C/C=C3C[C@@H](O)C[C@H](O)C3)CCC[C@@]21C. The zero-order valence-electron chi connectivity index (χ0n) is 77.3. The summed E-state index contributed by atoms with van der Waals surface area (Å²) in [5, 5.41) is 42.2. The molecule has 12 atom stereocenters. The van der Waals surface area contributed by atoms with E-state index in [9.17, 15) is 82.5 Å². The van der Waals surface area contributed by atoms with E-state index in [1.165, 1.54) is 30.8 Å². The largest absolute Gasteiger partial charge is 0.429 e. The van der Waals surface area contributed by atoms with Crippen LogP contribution >= 0.6 is 7.14 Å². The molecule has 0 radical (unpaired) electrons. The number of halogens is 12. The van der Waals surface area contributed by atoms with E-state index >= 15 is 0 Å². The van der Waals surface area contributed by atoms with Gasteiger partial charge in [-0.1, -0.05) is 197 Å². The number of fused-ring (bicyclic) bond motifs is 2. The van der Waals surface area contributed by atoms with E-state index in [1.807, 2.05) is 94.4 Å². The molecule has 2 aromatic rings. The smallest absolute Gasteiger partial charge is 0.414 e. The molecule has 4 N–H and O–H groups in total. The molecule has 0 heterocycles. The van der Waals surface area contributed by atoms with Gasteiger partial charge in [-0.15, -0.1) is 0 Å². The predicted octanol–water partition coefficient (Wildman–Crippen LogP) is 27.5. The highest BCUT2D eigenvalue weighted by Crippen LogP contribution is 2.66. The van der Waals surface area contributed by atoms with Crippen LogP contribution in [0.2, 0.25) is 75.5 Å². The summed E-state index contributed by atoms with van der Waals surface area (Å²) in [5.74, 6) is 0.336. The van der Waals surface area contributed by atoms with Gasteiger partial charge in [-0.05, 0) is 290 Å². The maximum absolute atomic E-state index is 14.6. The lowest BCUT2D eigenvalue weighted by Gasteiger charge is -2.49. The zero-order chi connectivity index (χ0) is 92.1. The average Bonchev–Trinajstić information content (AvgIpc) is 1.19. The van der Waals surface area contributed by atoms with Crippen molar-refractivity contribution in [1.29, 1.82) is 0 Å². The van der Waals surface area contributed by atoms with Gasteiger partial charge in [-0.2, -0.15) is 52.7 Å². The number of Topliss-reactive ketones (excluding diaryl/α,β-unsaturated/α-hetero) is 1. The summed E-state index contributed by atoms with van der Waals surface area (Å²) in [6.07, 6.45) is 0.357. The van der Waals surface area contributed by atoms with Gasteiger partial charge in [0.1, 0.15) is 12.9 Å². The average molecular weight is 1830 g/mol. The molecule has 6 saturated carbocycles. The van der Waals surface area contributed by atoms with Gasteiger partial charge in [0.15, 0.2) is 33.3 Å². The summed E-state index contributed by atoms with van der Waals surface area (Å²) in [4.78, 5) is 12.8. The second-order valence-electron chi connectivity index (χ2n) is 43.9. The molecule has 0 aliphatic heterocycles. The van der Waals surface area contributed by atoms with E-state index in [4.69, 9.17) is 17.7 Å². The van der Waals surface area contributed by atoms with Crippen molar-refractivity contribution in [3.63, 3.8) is 0 Å². The van der Waals surface area contributed by atoms with Gasteiger partial charge in [-0.25, -0.2) is 0 Å². The number of carbonyl (C=O) groups excluding carboxylic acids is 1. The molecule has 10 nitrogen and oxygen atoms in total. The highest BCUT2D eigenvalue weighted by atomic mass is 31.2. The van der Waals surface area contributed by atoms with Gasteiger partial charge in [0.05, 0.1) is 35.6 Å². The van der Waals surface area contributed by atoms with E-state index in [-0.39, 0.29) is 95.0 Å². The van der Waals surface area contributed by atoms with Crippen molar-refractivity contribution in [2.75, 3.05) is 6.16 Å². The first kappa shape index (κ1) is 109. The number of allylic oxidation sites excluding steroid dienone is 6. The van der Waals surface area contributed by atoms with E-state index in [1.54, 1.807) is 13.8 Å². The molecule has 0 saturated heterocycles. The van der Waals surface area contributed by atoms with Crippen LogP contribution in [0.15, 0.2) is 120 Å². The van der Waals surface area contributed by atoms with E-state index in [0.717, 1.165) is 112 Å². The molecule has 6 aliphatic rings. The molecule has 6 fully saturated rings. The monoisotopic (exact) mass is 1830 g/mol. The molecule has 2 aromatic carbocycles. The molecule has 0 amide bonds. The molecular formula is C95H155F12O10PSi4. The molecule has 0 bridgehead atoms. The van der Waals surface area contributed by atoms with Crippen molar-refractivity contribution in [3.05, 3.63) is 120 Å². The zero-order valence-corrected chi connectivity index (χ0v) is 82.2. The Labute approximate surface area is 729 Å². The van der Waals surface area contributed by atoms with Crippen LogP contribution in [-0.2, 0) is 27.1 Å².